The van der Waals surface area contributed by atoms with E-state index in [1.54, 1.807) is 18.5 Å². The standard InChI is InChI=1S/C9H7N3O/c13-9-4-8(11-6-12-9)7-2-1-3-10-5-7/h1-6H,(H,11,12,13). The summed E-state index contributed by atoms with van der Waals surface area (Å²) in [5.74, 6) is 0. The third-order valence-corrected chi connectivity index (χ3v) is 1.64. The van der Waals surface area contributed by atoms with Crippen LogP contribution in [0.1, 0.15) is 0 Å². The lowest BCUT2D eigenvalue weighted by Gasteiger charge is -1.96. The van der Waals surface area contributed by atoms with Crippen LogP contribution in [0.2, 0.25) is 0 Å². The highest BCUT2D eigenvalue weighted by Gasteiger charge is 1.97. The van der Waals surface area contributed by atoms with Crippen LogP contribution in [0, 0.1) is 0 Å². The first-order valence-electron chi connectivity index (χ1n) is 3.81. The Labute approximate surface area is 74.3 Å². The van der Waals surface area contributed by atoms with Gasteiger partial charge in [0.15, 0.2) is 0 Å². The molecule has 2 aromatic heterocycles. The van der Waals surface area contributed by atoms with Crippen LogP contribution in [-0.4, -0.2) is 15.0 Å². The average Bonchev–Trinajstić information content (AvgIpc) is 2.19. The van der Waals surface area contributed by atoms with Gasteiger partial charge in [0.2, 0.25) is 0 Å². The Morgan fingerprint density at radius 2 is 2.31 bits per heavy atom. The zero-order valence-corrected chi connectivity index (χ0v) is 6.77. The number of hydrogen-bond acceptors (Lipinski definition) is 3. The van der Waals surface area contributed by atoms with Crippen molar-refractivity contribution in [3.8, 4) is 11.3 Å². The van der Waals surface area contributed by atoms with Gasteiger partial charge in [-0.2, -0.15) is 0 Å². The van der Waals surface area contributed by atoms with E-state index in [9.17, 15) is 4.79 Å². The van der Waals surface area contributed by atoms with Crippen molar-refractivity contribution in [2.75, 3.05) is 0 Å². The minimum absolute atomic E-state index is 0.158. The number of nitrogens with zero attached hydrogens (tertiary/aromatic N) is 2. The molecule has 2 heterocycles. The number of pyridine rings is 1. The molecule has 1 N–H and O–H groups in total. The predicted molar refractivity (Wildman–Crippen MR) is 48.1 cm³/mol. The van der Waals surface area contributed by atoms with E-state index in [0.29, 0.717) is 5.69 Å². The van der Waals surface area contributed by atoms with Gasteiger partial charge < -0.3 is 4.98 Å². The molecule has 0 saturated carbocycles. The molecule has 0 saturated heterocycles. The summed E-state index contributed by atoms with van der Waals surface area (Å²) in [6, 6.07) is 5.10. The molecule has 4 nitrogen and oxygen atoms in total. The van der Waals surface area contributed by atoms with Crippen LogP contribution in [0.3, 0.4) is 0 Å². The molecule has 0 spiro atoms. The molecule has 2 rings (SSSR count). The number of hydrogen-bond donors (Lipinski definition) is 1. The zero-order chi connectivity index (χ0) is 9.10. The molecule has 0 fully saturated rings. The maximum atomic E-state index is 10.9. The van der Waals surface area contributed by atoms with Crippen molar-refractivity contribution in [1.82, 2.24) is 15.0 Å². The van der Waals surface area contributed by atoms with Gasteiger partial charge in [-0.05, 0) is 12.1 Å². The lowest BCUT2D eigenvalue weighted by Crippen LogP contribution is -2.04. The van der Waals surface area contributed by atoms with Gasteiger partial charge in [0.05, 0.1) is 12.0 Å². The van der Waals surface area contributed by atoms with Crippen LogP contribution >= 0.6 is 0 Å². The lowest BCUT2D eigenvalue weighted by atomic mass is 10.2. The Morgan fingerprint density at radius 1 is 1.38 bits per heavy atom. The van der Waals surface area contributed by atoms with Crippen LogP contribution in [0.4, 0.5) is 0 Å². The van der Waals surface area contributed by atoms with E-state index in [1.165, 1.54) is 12.4 Å². The molecule has 0 aliphatic rings. The fourth-order valence-corrected chi connectivity index (χ4v) is 1.04. The fourth-order valence-electron chi connectivity index (χ4n) is 1.04. The second kappa shape index (κ2) is 3.18. The van der Waals surface area contributed by atoms with Crippen molar-refractivity contribution in [1.29, 1.82) is 0 Å². The Balaban J connectivity index is 2.54. The molecule has 0 unspecified atom stereocenters. The van der Waals surface area contributed by atoms with Gasteiger partial charge in [0.25, 0.3) is 5.56 Å². The topological polar surface area (TPSA) is 58.6 Å². The van der Waals surface area contributed by atoms with E-state index in [0.717, 1.165) is 5.56 Å². The van der Waals surface area contributed by atoms with Gasteiger partial charge in [-0.15, -0.1) is 0 Å². The molecule has 2 aromatic rings. The van der Waals surface area contributed by atoms with Gasteiger partial charge in [0, 0.05) is 24.0 Å². The summed E-state index contributed by atoms with van der Waals surface area (Å²) < 4.78 is 0. The zero-order valence-electron chi connectivity index (χ0n) is 6.77. The molecule has 4 heteroatoms. The molecular weight excluding hydrogens is 166 g/mol. The predicted octanol–water partition coefficient (Wildman–Crippen LogP) is 0.832. The summed E-state index contributed by atoms with van der Waals surface area (Å²) >= 11 is 0. The van der Waals surface area contributed by atoms with E-state index >= 15 is 0 Å². The largest absolute Gasteiger partial charge is 0.313 e. The third-order valence-electron chi connectivity index (χ3n) is 1.64. The number of rotatable bonds is 1. The maximum Gasteiger partial charge on any atom is 0.251 e. The van der Waals surface area contributed by atoms with Gasteiger partial charge in [0.1, 0.15) is 0 Å². The lowest BCUT2D eigenvalue weighted by molar-refractivity contribution is 1.12. The summed E-state index contributed by atoms with van der Waals surface area (Å²) in [5.41, 5.74) is 1.32. The summed E-state index contributed by atoms with van der Waals surface area (Å²) in [7, 11) is 0. The van der Waals surface area contributed by atoms with E-state index in [-0.39, 0.29) is 5.56 Å². The van der Waals surface area contributed by atoms with Crippen molar-refractivity contribution in [2.24, 2.45) is 0 Å². The van der Waals surface area contributed by atoms with Gasteiger partial charge in [-0.25, -0.2) is 4.98 Å². The monoisotopic (exact) mass is 173 g/mol. The summed E-state index contributed by atoms with van der Waals surface area (Å²) in [4.78, 5) is 21.4. The first-order chi connectivity index (χ1) is 6.36. The summed E-state index contributed by atoms with van der Waals surface area (Å²) in [6.07, 6.45) is 4.73. The van der Waals surface area contributed by atoms with Gasteiger partial charge >= 0.3 is 0 Å². The van der Waals surface area contributed by atoms with Crippen molar-refractivity contribution in [3.63, 3.8) is 0 Å². The molecule has 0 aromatic carbocycles. The smallest absolute Gasteiger partial charge is 0.251 e. The van der Waals surface area contributed by atoms with Crippen molar-refractivity contribution in [2.45, 2.75) is 0 Å². The Bertz CT molecular complexity index is 450. The van der Waals surface area contributed by atoms with Crippen LogP contribution in [0.25, 0.3) is 11.3 Å². The molecule has 0 atom stereocenters. The first-order valence-corrected chi connectivity index (χ1v) is 3.81. The summed E-state index contributed by atoms with van der Waals surface area (Å²) in [6.45, 7) is 0. The second-order valence-corrected chi connectivity index (χ2v) is 2.54. The SMILES string of the molecule is O=c1cc(-c2cccnc2)nc[nH]1. The molecule has 0 aliphatic heterocycles. The number of nitrogens with one attached hydrogen (secondary N) is 1. The third kappa shape index (κ3) is 1.61. The Hall–Kier alpha value is -1.97. The van der Waals surface area contributed by atoms with Crippen LogP contribution in [0.15, 0.2) is 41.7 Å². The highest BCUT2D eigenvalue weighted by molar-refractivity contribution is 5.56. The molecule has 0 bridgehead atoms. The first kappa shape index (κ1) is 7.67. The van der Waals surface area contributed by atoms with Gasteiger partial charge in [-0.1, -0.05) is 0 Å². The Kier molecular flexibility index (Phi) is 1.88. The molecular formula is C9H7N3O. The molecule has 64 valence electrons. The number of H-pyrrole nitrogens is 1. The minimum Gasteiger partial charge on any atom is -0.313 e. The van der Waals surface area contributed by atoms with Crippen LogP contribution in [-0.2, 0) is 0 Å². The number of aromatic amines is 1. The molecule has 0 amide bonds. The Morgan fingerprint density at radius 3 is 3.00 bits per heavy atom. The number of aromatic nitrogens is 3. The molecule has 0 aliphatic carbocycles. The molecule has 13 heavy (non-hydrogen) atoms. The van der Waals surface area contributed by atoms with Crippen molar-refractivity contribution >= 4 is 0 Å². The highest BCUT2D eigenvalue weighted by Crippen LogP contribution is 2.10. The van der Waals surface area contributed by atoms with Crippen LogP contribution < -0.4 is 5.56 Å². The van der Waals surface area contributed by atoms with Crippen LogP contribution in [0.5, 0.6) is 0 Å². The normalized spacial score (nSPS) is 9.85. The average molecular weight is 173 g/mol. The quantitative estimate of drug-likeness (QED) is 0.694. The van der Waals surface area contributed by atoms with Crippen molar-refractivity contribution < 1.29 is 0 Å². The summed E-state index contributed by atoms with van der Waals surface area (Å²) in [5, 5.41) is 0. The van der Waals surface area contributed by atoms with Gasteiger partial charge in [-0.3, -0.25) is 9.78 Å². The minimum atomic E-state index is -0.158. The maximum absolute atomic E-state index is 10.9. The van der Waals surface area contributed by atoms with E-state index < -0.39 is 0 Å². The highest BCUT2D eigenvalue weighted by atomic mass is 16.1. The van der Waals surface area contributed by atoms with Crippen molar-refractivity contribution in [3.05, 3.63) is 47.3 Å². The fraction of sp³-hybridized carbons (Fsp3) is 0. The second-order valence-electron chi connectivity index (χ2n) is 2.54. The van der Waals surface area contributed by atoms with E-state index in [4.69, 9.17) is 0 Å². The van der Waals surface area contributed by atoms with E-state index in [2.05, 4.69) is 15.0 Å². The van der Waals surface area contributed by atoms with E-state index in [1.807, 2.05) is 6.07 Å². The molecule has 0 radical (unpaired) electrons.